The van der Waals surface area contributed by atoms with Gasteiger partial charge in [0, 0.05) is 78.3 Å². The molecule has 0 radical (unpaired) electrons. The number of hydrogen-bond acceptors (Lipinski definition) is 14. The summed E-state index contributed by atoms with van der Waals surface area (Å²) in [6, 6.07) is 31.2. The highest BCUT2D eigenvalue weighted by molar-refractivity contribution is 7.90. The minimum absolute atomic E-state index is 0.000537. The molecule has 19 nitrogen and oxygen atoms in total. The molecule has 0 spiro atoms. The van der Waals surface area contributed by atoms with Gasteiger partial charge in [-0.15, -0.1) is 0 Å². The molecule has 560 valence electrons. The molecule has 23 heteroatoms. The van der Waals surface area contributed by atoms with Gasteiger partial charge in [-0.2, -0.15) is 0 Å². The molecule has 3 saturated heterocycles. The lowest BCUT2D eigenvalue weighted by Gasteiger charge is -2.47. The van der Waals surface area contributed by atoms with E-state index in [4.69, 9.17) is 18.9 Å². The number of ether oxygens (including phenoxy) is 4. The molecule has 3 aromatic heterocycles. The number of amides is 4. The number of pyridine rings is 3. The number of benzene rings is 3. The lowest BCUT2D eigenvalue weighted by molar-refractivity contribution is -0.143. The van der Waals surface area contributed by atoms with Crippen molar-refractivity contribution < 1.29 is 64.5 Å². The lowest BCUT2D eigenvalue weighted by Crippen LogP contribution is -2.49. The van der Waals surface area contributed by atoms with Crippen molar-refractivity contribution in [3.8, 4) is 33.4 Å². The summed E-state index contributed by atoms with van der Waals surface area (Å²) in [6.45, 7) is 7.59. The molecular weight excluding hydrogens is 1370 g/mol. The second-order valence-corrected chi connectivity index (χ2v) is 31.9. The number of rotatable bonds is 15. The first-order valence-electron chi connectivity index (χ1n) is 37.8. The number of sulfonamides is 1. The number of carbonyl (C=O) groups excluding carboxylic acids is 5. The molecule has 4 amide bonds. The highest BCUT2D eigenvalue weighted by atomic mass is 32.2. The van der Waals surface area contributed by atoms with Crippen LogP contribution in [-0.4, -0.2) is 116 Å². The fourth-order valence-electron chi connectivity index (χ4n) is 19.0. The second-order valence-electron chi connectivity index (χ2n) is 29.9. The van der Waals surface area contributed by atoms with Gasteiger partial charge in [-0.1, -0.05) is 72.8 Å². The van der Waals surface area contributed by atoms with Crippen LogP contribution in [0, 0.1) is 94.4 Å². The number of halogens is 3. The first-order chi connectivity index (χ1) is 51.3. The smallest absolute Gasteiger partial charge is 0.407 e. The van der Waals surface area contributed by atoms with E-state index in [1.807, 2.05) is 66.7 Å². The van der Waals surface area contributed by atoms with Crippen LogP contribution < -0.4 is 26.0 Å². The van der Waals surface area contributed by atoms with Gasteiger partial charge >= 0.3 is 24.2 Å². The minimum atomic E-state index is -3.34. The van der Waals surface area contributed by atoms with Crippen LogP contribution >= 0.6 is 0 Å². The normalized spacial score (nSPS) is 30.2. The van der Waals surface area contributed by atoms with Gasteiger partial charge in [0.25, 0.3) is 0 Å². The minimum Gasteiger partial charge on any atom is -0.462 e. The van der Waals surface area contributed by atoms with Gasteiger partial charge in [0.15, 0.2) is 0 Å². The highest BCUT2D eigenvalue weighted by Gasteiger charge is 2.55. The molecule has 3 aliphatic heterocycles. The van der Waals surface area contributed by atoms with E-state index in [1.165, 1.54) is 36.4 Å². The Labute approximate surface area is 618 Å². The van der Waals surface area contributed by atoms with Crippen LogP contribution in [0.25, 0.3) is 51.6 Å². The van der Waals surface area contributed by atoms with Crippen molar-refractivity contribution in [2.45, 2.75) is 134 Å². The number of hydrogen-bond donors (Lipinski definition) is 5. The molecule has 5 N–H and O–H groups in total. The number of nitrogens with one attached hydrogen (secondary N) is 5. The summed E-state index contributed by atoms with van der Waals surface area (Å²) < 4.78 is 89.9. The second kappa shape index (κ2) is 34.1. The van der Waals surface area contributed by atoms with Crippen molar-refractivity contribution in [2.75, 3.05) is 32.9 Å². The highest BCUT2D eigenvalue weighted by Crippen LogP contribution is 2.54. The Morgan fingerprint density at radius 1 is 0.491 bits per heavy atom. The zero-order chi connectivity index (χ0) is 74.0. The van der Waals surface area contributed by atoms with Crippen molar-refractivity contribution in [3.63, 3.8) is 0 Å². The molecule has 6 aliphatic carbocycles. The Balaban J connectivity index is 0.000000141. The van der Waals surface area contributed by atoms with E-state index < -0.39 is 21.4 Å². The Morgan fingerprint density at radius 3 is 1.30 bits per heavy atom. The van der Waals surface area contributed by atoms with Gasteiger partial charge in [-0.3, -0.25) is 24.5 Å². The third-order valence-electron chi connectivity index (χ3n) is 23.7. The molecule has 6 aromatic rings. The molecule has 6 saturated carbocycles. The monoisotopic (exact) mass is 1470 g/mol. The molecule has 18 atom stereocenters. The maximum atomic E-state index is 13.6. The Bertz CT molecular complexity index is 4190. The van der Waals surface area contributed by atoms with Crippen LogP contribution in [0.5, 0.6) is 0 Å². The molecule has 106 heavy (non-hydrogen) atoms. The Kier molecular flexibility index (Phi) is 24.2. The largest absolute Gasteiger partial charge is 0.462 e. The van der Waals surface area contributed by atoms with Crippen LogP contribution in [0.3, 0.4) is 0 Å². The van der Waals surface area contributed by atoms with E-state index in [2.05, 4.69) is 65.2 Å². The van der Waals surface area contributed by atoms with E-state index in [1.54, 1.807) is 57.6 Å². The van der Waals surface area contributed by atoms with Gasteiger partial charge in [0.05, 0.1) is 48.6 Å². The molecule has 6 heterocycles. The fourth-order valence-corrected chi connectivity index (χ4v) is 20.8. The van der Waals surface area contributed by atoms with Gasteiger partial charge in [-0.05, 0) is 252 Å². The third-order valence-corrected chi connectivity index (χ3v) is 25.6. The van der Waals surface area contributed by atoms with Crippen molar-refractivity contribution in [1.82, 2.24) is 40.9 Å². The van der Waals surface area contributed by atoms with Crippen molar-refractivity contribution in [2.24, 2.45) is 76.9 Å². The molecule has 3 aromatic carbocycles. The zero-order valence-corrected chi connectivity index (χ0v) is 60.9. The third kappa shape index (κ3) is 18.1. The van der Waals surface area contributed by atoms with Crippen molar-refractivity contribution in [1.29, 1.82) is 0 Å². The van der Waals surface area contributed by atoms with Gasteiger partial charge in [0.1, 0.15) is 23.6 Å². The van der Waals surface area contributed by atoms with Gasteiger partial charge in [0.2, 0.25) is 15.9 Å². The molecule has 9 aliphatic rings. The van der Waals surface area contributed by atoms with Crippen LogP contribution in [0.2, 0.25) is 0 Å². The summed E-state index contributed by atoms with van der Waals surface area (Å²) >= 11 is 0. The van der Waals surface area contributed by atoms with Crippen LogP contribution in [-0.2, 0) is 38.6 Å². The number of allylic oxidation sites excluding steroid dienone is 3. The Hall–Kier alpha value is -9.22. The maximum absolute atomic E-state index is 13.6. The summed E-state index contributed by atoms with van der Waals surface area (Å²) in [5.74, 6) is 2.59. The predicted molar refractivity (Wildman–Crippen MR) is 397 cm³/mol. The van der Waals surface area contributed by atoms with Crippen molar-refractivity contribution in [3.05, 3.63) is 181 Å². The number of fused-ring (bicyclic) bond motifs is 6. The molecule has 15 rings (SSSR count). The number of aromatic nitrogens is 3. The van der Waals surface area contributed by atoms with Crippen LogP contribution in [0.1, 0.15) is 121 Å². The topological polar surface area (TPSA) is 255 Å². The van der Waals surface area contributed by atoms with E-state index in [9.17, 15) is 45.6 Å². The fraction of sp³-hybridized carbons (Fsp3) is 0.470. The number of carbonyl (C=O) groups is 5. The van der Waals surface area contributed by atoms with E-state index in [-0.39, 0.29) is 107 Å². The molecular formula is C83H95F3N8O11S. The lowest BCUT2D eigenvalue weighted by atomic mass is 9.58. The van der Waals surface area contributed by atoms with Crippen molar-refractivity contribution >= 4 is 58.4 Å². The predicted octanol–water partition coefficient (Wildman–Crippen LogP) is 14.6. The summed E-state index contributed by atoms with van der Waals surface area (Å²) in [5.41, 5.74) is 7.38. The average Bonchev–Trinajstić information content (AvgIpc) is 1.56. The number of esters is 1. The maximum Gasteiger partial charge on any atom is 0.407 e. The summed E-state index contributed by atoms with van der Waals surface area (Å²) in [7, 11) is -3.34. The summed E-state index contributed by atoms with van der Waals surface area (Å²) in [6.07, 6.45) is 27.7. The molecule has 0 bridgehead atoms. The average molecular weight is 1470 g/mol. The first kappa shape index (κ1) is 75.0. The Morgan fingerprint density at radius 2 is 0.896 bits per heavy atom. The summed E-state index contributed by atoms with van der Waals surface area (Å²) in [5, 5.41) is 11.6. The van der Waals surface area contributed by atoms with E-state index in [0.717, 1.165) is 128 Å². The quantitative estimate of drug-likeness (QED) is 0.0474. The van der Waals surface area contributed by atoms with E-state index >= 15 is 0 Å². The van der Waals surface area contributed by atoms with Crippen LogP contribution in [0.15, 0.2) is 146 Å². The SMILES string of the molecule is CCOC(=O)N[C@@H]1CC[C@@H]2[C@@H](C1)C[C@@H]1C(=O)NC[C@@H]1[C@H]2/C=C/c1ccc(-c2cccc(F)c2)cn1.CCOC(=O)N[C@@H]1CC[C@@H]2[C@@H](C1)C[C@@H]1OC(=O)C[C@@H]1[C@H]2/C=C/c1ccc(-c2cccc(F)c2)cn1.CCOC(=O)N[C@@H]1CC[C@@H]2[C@@H](C1)C[C@H]1[C@H](CNS1(=O)=O)[C@H]2/C=C/c1ccc(-c2cccc(F)c2)cn1. The first-order valence-corrected chi connectivity index (χ1v) is 39.4. The van der Waals surface area contributed by atoms with Crippen LogP contribution in [0.4, 0.5) is 27.6 Å². The number of nitrogens with zero attached hydrogens (tertiary/aromatic N) is 3. The van der Waals surface area contributed by atoms with Gasteiger partial charge in [-0.25, -0.2) is 40.7 Å². The van der Waals surface area contributed by atoms with Gasteiger partial charge < -0.3 is 40.2 Å². The number of alkyl carbamates (subject to hydrolysis) is 3. The summed E-state index contributed by atoms with van der Waals surface area (Å²) in [4.78, 5) is 74.2. The van der Waals surface area contributed by atoms with E-state index in [0.29, 0.717) is 74.7 Å². The molecule has 9 fully saturated rings. The standard InChI is InChI=1S/C28H32FN3O3.C28H31FN2O4.C27H32FN3O4S/c1-2-35-28(34)32-22-9-10-23-19(13-22)14-25-26(16-31-27(25)33)24(23)11-8-21-7-6-18(15-30-21)17-4-3-5-20(29)12-17;1-2-34-28(33)31-22-9-10-23-19(13-22)14-26-25(15-27(32)35-26)24(23)11-8-21-7-6-18(16-30-21)17-4-3-5-20(29)12-17;1-2-35-27(32)31-22-9-10-23-19(13-22)14-26-25(16-30-36(26,33)34)24(23)11-8-21-7-6-18(15-29-21)17-4-3-5-20(28)12-17/h3-8,11-12,15,19,22-26H,2,9-10,13-14,16H2,1H3,(H,31,33)(H,32,34);3-8,11-12,16,19,22-26H,2,9-10,13-15H2,1H3,(H,31,33);3-8,11-12,15,19,22-26,30H,2,9-10,13-14,16H2,1H3,(H,31,32)/b3*11-8+/t19-,22+,23+,24-,25-,26+;2*19-,22+,23+,24-,25+,26-/m000/s1. The molecule has 0 unspecified atom stereocenters. The zero-order valence-electron chi connectivity index (χ0n) is 60.1.